The molecule has 6 nitrogen and oxygen atoms in total. The van der Waals surface area contributed by atoms with Gasteiger partial charge in [0.05, 0.1) is 7.11 Å². The van der Waals surface area contributed by atoms with Crippen molar-refractivity contribution in [3.8, 4) is 0 Å². The lowest BCUT2D eigenvalue weighted by atomic mass is 10.0. The summed E-state index contributed by atoms with van der Waals surface area (Å²) in [5.41, 5.74) is 16.0. The lowest BCUT2D eigenvalue weighted by Gasteiger charge is -2.27. The fourth-order valence-corrected chi connectivity index (χ4v) is 6.33. The van der Waals surface area contributed by atoms with Crippen LogP contribution in [0.15, 0.2) is 84.9 Å². The number of anilines is 4. The van der Waals surface area contributed by atoms with Crippen LogP contribution in [0.3, 0.4) is 0 Å². The Hall–Kier alpha value is -3.71. The molecule has 1 amide bonds. The molecule has 0 atom stereocenters. The molecule has 0 unspecified atom stereocenters. The highest BCUT2D eigenvalue weighted by atomic mass is 35.5. The van der Waals surface area contributed by atoms with E-state index in [4.69, 9.17) is 28.9 Å². The molecule has 0 fully saturated rings. The highest BCUT2D eigenvalue weighted by Gasteiger charge is 2.21. The van der Waals surface area contributed by atoms with Gasteiger partial charge in [0, 0.05) is 52.4 Å². The van der Waals surface area contributed by atoms with E-state index in [1.807, 2.05) is 18.2 Å². The van der Waals surface area contributed by atoms with Gasteiger partial charge in [-0.3, -0.25) is 0 Å². The Morgan fingerprint density at radius 2 is 1.16 bits per heavy atom. The van der Waals surface area contributed by atoms with E-state index in [0.29, 0.717) is 13.1 Å². The minimum Gasteiger partial charge on any atom is -0.453 e. The number of aryl methyl sites for hydroxylation is 4. The molecule has 4 aromatic carbocycles. The number of fused-ring (bicyclic) bond motifs is 4. The van der Waals surface area contributed by atoms with Gasteiger partial charge in [-0.05, 0) is 104 Å². The van der Waals surface area contributed by atoms with E-state index in [9.17, 15) is 4.79 Å². The molecule has 2 heterocycles. The first-order valence-electron chi connectivity index (χ1n) is 15.3. The second kappa shape index (κ2) is 15.3. The van der Waals surface area contributed by atoms with Gasteiger partial charge in [-0.1, -0.05) is 71.7 Å². The number of para-hydroxylation sites is 2. The summed E-state index contributed by atoms with van der Waals surface area (Å²) in [4.78, 5) is 15.9. The minimum absolute atomic E-state index is 0.394. The lowest BCUT2D eigenvalue weighted by molar-refractivity contribution is 0.171. The van der Waals surface area contributed by atoms with Crippen LogP contribution >= 0.6 is 23.2 Å². The number of benzene rings is 4. The molecule has 8 heteroatoms. The number of alkyl carbamates (subject to hydrolysis) is 1. The monoisotopic (exact) mass is 630 g/mol. The van der Waals surface area contributed by atoms with Crippen LogP contribution in [0.4, 0.5) is 27.5 Å². The predicted molar refractivity (Wildman–Crippen MR) is 183 cm³/mol. The smallest absolute Gasteiger partial charge is 0.406 e. The summed E-state index contributed by atoms with van der Waals surface area (Å²) in [6.07, 6.45) is 5.54. The molecule has 0 spiro atoms. The Kier molecular flexibility index (Phi) is 11.1. The van der Waals surface area contributed by atoms with Crippen LogP contribution in [0, 0.1) is 0 Å². The molecule has 6 rings (SSSR count). The van der Waals surface area contributed by atoms with E-state index < -0.39 is 6.09 Å². The maximum atomic E-state index is 11.2. The van der Waals surface area contributed by atoms with Crippen LogP contribution in [0.25, 0.3) is 0 Å². The van der Waals surface area contributed by atoms with Crippen LogP contribution in [0.2, 0.25) is 10.0 Å². The normalized spacial score (nSPS) is 13.2. The topological polar surface area (TPSA) is 70.8 Å². The van der Waals surface area contributed by atoms with Gasteiger partial charge in [-0.25, -0.2) is 4.79 Å². The van der Waals surface area contributed by atoms with Gasteiger partial charge in [0.2, 0.25) is 0 Å². The van der Waals surface area contributed by atoms with Crippen molar-refractivity contribution in [2.24, 2.45) is 5.73 Å². The third kappa shape index (κ3) is 7.68. The highest BCUT2D eigenvalue weighted by Crippen LogP contribution is 2.38. The zero-order valence-corrected chi connectivity index (χ0v) is 26.7. The molecule has 44 heavy (non-hydrogen) atoms. The Balaban J connectivity index is 0.000000177. The second-order valence-corrected chi connectivity index (χ2v) is 11.9. The van der Waals surface area contributed by atoms with Crippen LogP contribution in [0.5, 0.6) is 0 Å². The summed E-state index contributed by atoms with van der Waals surface area (Å²) in [5.74, 6) is 0. The number of rotatable bonds is 7. The predicted octanol–water partition coefficient (Wildman–Crippen LogP) is 8.25. The minimum atomic E-state index is -0.394. The Labute approximate surface area is 270 Å². The summed E-state index contributed by atoms with van der Waals surface area (Å²) in [7, 11) is 1.37. The van der Waals surface area contributed by atoms with Crippen LogP contribution in [0.1, 0.15) is 35.1 Å². The molecular weight excluding hydrogens is 591 g/mol. The number of methoxy groups -OCH3 is 1. The van der Waals surface area contributed by atoms with Gasteiger partial charge in [0.25, 0.3) is 0 Å². The highest BCUT2D eigenvalue weighted by molar-refractivity contribution is 6.31. The fourth-order valence-electron chi connectivity index (χ4n) is 6.00. The van der Waals surface area contributed by atoms with Gasteiger partial charge in [-0.15, -0.1) is 0 Å². The Bertz CT molecular complexity index is 1580. The number of hydrogen-bond acceptors (Lipinski definition) is 5. The molecular formula is C36H40Cl2N4O2. The number of nitrogens with zero attached hydrogens (tertiary/aromatic N) is 2. The number of ether oxygens (including phenoxy) is 1. The third-order valence-electron chi connectivity index (χ3n) is 8.17. The quantitative estimate of drug-likeness (QED) is 0.201. The summed E-state index contributed by atoms with van der Waals surface area (Å²) in [6, 6.07) is 29.4. The van der Waals surface area contributed by atoms with E-state index >= 15 is 0 Å². The van der Waals surface area contributed by atoms with E-state index in [1.165, 1.54) is 46.4 Å². The van der Waals surface area contributed by atoms with Crippen LogP contribution < -0.4 is 20.9 Å². The standard InChI is InChI=1S/C19H21ClN2O2.C17H19ClN2/c1-24-19(23)21-11-4-12-22-17-6-3-2-5-14(17)7-8-15-9-10-16(20)13-18(15)22;18-15-9-8-14-7-6-13-4-1-2-5-16(13)20(11-3-10-19)17(14)12-15/h2-3,5-6,9-10,13H,4,7-8,11-12H2,1H3,(H,21,23);1-2,4-5,8-9,12H,3,6-7,10-11,19H2. The molecule has 0 bridgehead atoms. The largest absolute Gasteiger partial charge is 0.453 e. The summed E-state index contributed by atoms with van der Waals surface area (Å²) >= 11 is 12.4. The van der Waals surface area contributed by atoms with Gasteiger partial charge in [0.1, 0.15) is 0 Å². The number of nitrogens with one attached hydrogen (secondary N) is 1. The van der Waals surface area contributed by atoms with E-state index in [1.54, 1.807) is 0 Å². The number of nitrogens with two attached hydrogens (primary N) is 1. The fraction of sp³-hybridized carbons (Fsp3) is 0.306. The summed E-state index contributed by atoms with van der Waals surface area (Å²) < 4.78 is 4.61. The summed E-state index contributed by atoms with van der Waals surface area (Å²) in [5, 5.41) is 4.27. The Morgan fingerprint density at radius 3 is 1.64 bits per heavy atom. The van der Waals surface area contributed by atoms with Crippen molar-refractivity contribution >= 4 is 52.0 Å². The van der Waals surface area contributed by atoms with Crippen molar-refractivity contribution < 1.29 is 9.53 Å². The van der Waals surface area contributed by atoms with Crippen molar-refractivity contribution in [1.29, 1.82) is 0 Å². The van der Waals surface area contributed by atoms with Gasteiger partial charge in [0.15, 0.2) is 0 Å². The number of carbonyl (C=O) groups is 1. The summed E-state index contributed by atoms with van der Waals surface area (Å²) in [6.45, 7) is 3.00. The van der Waals surface area contributed by atoms with Crippen molar-refractivity contribution in [2.45, 2.75) is 38.5 Å². The van der Waals surface area contributed by atoms with E-state index in [-0.39, 0.29) is 0 Å². The maximum Gasteiger partial charge on any atom is 0.406 e. The average molecular weight is 632 g/mol. The first-order chi connectivity index (χ1) is 21.5. The number of amides is 1. The van der Waals surface area contributed by atoms with Crippen LogP contribution in [-0.4, -0.2) is 39.4 Å². The molecule has 2 aliphatic heterocycles. The zero-order valence-electron chi connectivity index (χ0n) is 25.2. The van der Waals surface area contributed by atoms with Gasteiger partial charge in [-0.2, -0.15) is 0 Å². The average Bonchev–Trinajstić information content (AvgIpc) is 3.30. The van der Waals surface area contributed by atoms with Crippen molar-refractivity contribution in [3.05, 3.63) is 117 Å². The first kappa shape index (κ1) is 31.7. The van der Waals surface area contributed by atoms with E-state index in [2.05, 4.69) is 86.6 Å². The second-order valence-electron chi connectivity index (χ2n) is 11.0. The van der Waals surface area contributed by atoms with Gasteiger partial charge >= 0.3 is 6.09 Å². The molecule has 2 aliphatic rings. The molecule has 0 radical (unpaired) electrons. The van der Waals surface area contributed by atoms with Crippen molar-refractivity contribution in [1.82, 2.24) is 5.32 Å². The molecule has 0 saturated heterocycles. The Morgan fingerprint density at radius 1 is 0.705 bits per heavy atom. The number of hydrogen-bond donors (Lipinski definition) is 2. The molecule has 4 aromatic rings. The maximum absolute atomic E-state index is 11.2. The number of halogens is 2. The first-order valence-corrected chi connectivity index (χ1v) is 16.0. The molecule has 0 saturated carbocycles. The zero-order chi connectivity index (χ0) is 30.9. The molecule has 0 aliphatic carbocycles. The number of carbonyl (C=O) groups excluding carboxylic acids is 1. The molecule has 3 N–H and O–H groups in total. The SMILES string of the molecule is COC(=O)NCCCN1c2ccccc2CCc2ccc(Cl)cc21.NCCCN1c2ccccc2CCc2ccc(Cl)cc21. The molecule has 230 valence electrons. The van der Waals surface area contributed by atoms with Crippen molar-refractivity contribution in [3.63, 3.8) is 0 Å². The van der Waals surface area contributed by atoms with Crippen LogP contribution in [-0.2, 0) is 30.4 Å². The molecule has 0 aromatic heterocycles. The van der Waals surface area contributed by atoms with E-state index in [0.717, 1.165) is 67.3 Å². The van der Waals surface area contributed by atoms with Gasteiger partial charge < -0.3 is 25.6 Å². The third-order valence-corrected chi connectivity index (χ3v) is 8.64. The van der Waals surface area contributed by atoms with Crippen molar-refractivity contribution in [2.75, 3.05) is 43.1 Å². The lowest BCUT2D eigenvalue weighted by Crippen LogP contribution is -2.28.